The Balaban J connectivity index is 1.59. The van der Waals surface area contributed by atoms with Crippen LogP contribution in [0.4, 0.5) is 0 Å². The molecule has 2 fully saturated rings. The van der Waals surface area contributed by atoms with E-state index in [1.165, 1.54) is 25.7 Å². The van der Waals surface area contributed by atoms with Crippen LogP contribution < -0.4 is 0 Å². The molecule has 3 nitrogen and oxygen atoms in total. The van der Waals surface area contributed by atoms with Crippen LogP contribution in [-0.2, 0) is 11.2 Å². The van der Waals surface area contributed by atoms with E-state index >= 15 is 0 Å². The monoisotopic (exact) mass is 287 g/mol. The molecule has 0 bridgehead atoms. The van der Waals surface area contributed by atoms with Gasteiger partial charge >= 0.3 is 5.97 Å². The normalized spacial score (nSPS) is 27.2. The molecule has 0 aromatic heterocycles. The number of aliphatic carboxylic acids is 1. The van der Waals surface area contributed by atoms with Gasteiger partial charge in [0.25, 0.3) is 0 Å². The summed E-state index contributed by atoms with van der Waals surface area (Å²) in [5.74, 6) is 0.705. The van der Waals surface area contributed by atoms with E-state index in [0.717, 1.165) is 30.5 Å². The highest BCUT2D eigenvalue weighted by atomic mass is 16.4. The Morgan fingerprint density at radius 1 is 1.14 bits per heavy atom. The van der Waals surface area contributed by atoms with E-state index in [9.17, 15) is 9.90 Å². The first kappa shape index (κ1) is 14.6. The predicted octanol–water partition coefficient (Wildman–Crippen LogP) is 3.05. The van der Waals surface area contributed by atoms with Gasteiger partial charge in [-0.15, -0.1) is 0 Å². The van der Waals surface area contributed by atoms with Gasteiger partial charge in [-0.3, -0.25) is 4.79 Å². The van der Waals surface area contributed by atoms with Gasteiger partial charge in [0.2, 0.25) is 0 Å². The number of rotatable bonds is 5. The maximum absolute atomic E-state index is 11.6. The predicted molar refractivity (Wildman–Crippen MR) is 83.2 cm³/mol. The number of nitrogens with zero attached hydrogens (tertiary/aromatic N) is 1. The zero-order chi connectivity index (χ0) is 14.7. The first-order chi connectivity index (χ1) is 10.2. The van der Waals surface area contributed by atoms with Crippen molar-refractivity contribution in [3.63, 3.8) is 0 Å². The van der Waals surface area contributed by atoms with E-state index in [1.54, 1.807) is 0 Å². The van der Waals surface area contributed by atoms with Gasteiger partial charge in [-0.25, -0.2) is 0 Å². The van der Waals surface area contributed by atoms with Crippen molar-refractivity contribution in [1.29, 1.82) is 0 Å². The van der Waals surface area contributed by atoms with Gasteiger partial charge in [0.05, 0.1) is 5.92 Å². The van der Waals surface area contributed by atoms with Crippen LogP contribution in [0.2, 0.25) is 0 Å². The van der Waals surface area contributed by atoms with Gasteiger partial charge < -0.3 is 10.0 Å². The summed E-state index contributed by atoms with van der Waals surface area (Å²) in [6, 6.07) is 10.0. The molecule has 3 rings (SSSR count). The van der Waals surface area contributed by atoms with Crippen LogP contribution in [0.15, 0.2) is 30.3 Å². The van der Waals surface area contributed by atoms with Crippen molar-refractivity contribution in [2.24, 2.45) is 17.8 Å². The lowest BCUT2D eigenvalue weighted by atomic mass is 9.82. The highest BCUT2D eigenvalue weighted by Crippen LogP contribution is 2.36. The summed E-state index contributed by atoms with van der Waals surface area (Å²) in [5.41, 5.74) is 1.13. The molecule has 1 saturated heterocycles. The largest absolute Gasteiger partial charge is 0.481 e. The molecule has 1 aromatic rings. The fourth-order valence-electron chi connectivity index (χ4n) is 4.09. The summed E-state index contributed by atoms with van der Waals surface area (Å²) >= 11 is 0. The van der Waals surface area contributed by atoms with Crippen LogP contribution in [0.25, 0.3) is 0 Å². The Morgan fingerprint density at radius 2 is 1.76 bits per heavy atom. The van der Waals surface area contributed by atoms with Crippen molar-refractivity contribution in [3.05, 3.63) is 35.9 Å². The van der Waals surface area contributed by atoms with Gasteiger partial charge in [0, 0.05) is 19.6 Å². The summed E-state index contributed by atoms with van der Waals surface area (Å²) in [5, 5.41) is 9.53. The number of hydrogen-bond acceptors (Lipinski definition) is 2. The van der Waals surface area contributed by atoms with Crippen LogP contribution in [0.5, 0.6) is 0 Å². The summed E-state index contributed by atoms with van der Waals surface area (Å²) in [4.78, 5) is 14.0. The molecular formula is C18H25NO2. The molecule has 1 N–H and O–H groups in total. The molecule has 1 heterocycles. The van der Waals surface area contributed by atoms with E-state index in [4.69, 9.17) is 0 Å². The molecule has 3 unspecified atom stereocenters. The lowest BCUT2D eigenvalue weighted by Crippen LogP contribution is -2.33. The third-order valence-electron chi connectivity index (χ3n) is 5.20. The highest BCUT2D eigenvalue weighted by molar-refractivity contribution is 5.70. The second-order valence-electron chi connectivity index (χ2n) is 6.75. The van der Waals surface area contributed by atoms with Crippen molar-refractivity contribution in [2.45, 2.75) is 32.1 Å². The highest BCUT2D eigenvalue weighted by Gasteiger charge is 2.35. The SMILES string of the molecule is O=C(O)C(Cc1ccccc1)CN1CC2CCCCC2C1. The van der Waals surface area contributed by atoms with Crippen molar-refractivity contribution < 1.29 is 9.90 Å². The zero-order valence-corrected chi connectivity index (χ0v) is 12.6. The average Bonchev–Trinajstić information content (AvgIpc) is 2.90. The van der Waals surface area contributed by atoms with Crippen molar-refractivity contribution in [1.82, 2.24) is 4.90 Å². The number of carbonyl (C=O) groups is 1. The van der Waals surface area contributed by atoms with Gasteiger partial charge in [0.15, 0.2) is 0 Å². The van der Waals surface area contributed by atoms with Crippen LogP contribution in [0.3, 0.4) is 0 Å². The zero-order valence-electron chi connectivity index (χ0n) is 12.6. The third kappa shape index (κ3) is 3.65. The minimum absolute atomic E-state index is 0.285. The molecule has 1 saturated carbocycles. The number of carboxylic acids is 1. The lowest BCUT2D eigenvalue weighted by Gasteiger charge is -2.23. The van der Waals surface area contributed by atoms with Crippen molar-refractivity contribution in [2.75, 3.05) is 19.6 Å². The van der Waals surface area contributed by atoms with E-state index in [-0.39, 0.29) is 5.92 Å². The molecule has 3 atom stereocenters. The molecule has 2 aliphatic rings. The van der Waals surface area contributed by atoms with E-state index in [2.05, 4.69) is 4.90 Å². The molecule has 0 radical (unpaired) electrons. The Labute approximate surface area is 127 Å². The van der Waals surface area contributed by atoms with Gasteiger partial charge in [0.1, 0.15) is 0 Å². The lowest BCUT2D eigenvalue weighted by molar-refractivity contribution is -0.142. The summed E-state index contributed by atoms with van der Waals surface area (Å²) in [6.45, 7) is 2.93. The number of hydrogen-bond donors (Lipinski definition) is 1. The van der Waals surface area contributed by atoms with Crippen molar-refractivity contribution >= 4 is 5.97 Å². The maximum Gasteiger partial charge on any atom is 0.308 e. The van der Waals surface area contributed by atoms with Crippen LogP contribution in [-0.4, -0.2) is 35.6 Å². The Bertz CT molecular complexity index is 459. The van der Waals surface area contributed by atoms with Crippen molar-refractivity contribution in [3.8, 4) is 0 Å². The number of carboxylic acid groups (broad SMARTS) is 1. The van der Waals surface area contributed by atoms with E-state index < -0.39 is 5.97 Å². The molecule has 0 spiro atoms. The number of benzene rings is 1. The second kappa shape index (κ2) is 6.61. The fraction of sp³-hybridized carbons (Fsp3) is 0.611. The minimum Gasteiger partial charge on any atom is -0.481 e. The molecule has 1 aliphatic carbocycles. The van der Waals surface area contributed by atoms with E-state index in [0.29, 0.717) is 13.0 Å². The minimum atomic E-state index is -0.659. The Morgan fingerprint density at radius 3 is 2.33 bits per heavy atom. The van der Waals surface area contributed by atoms with Gasteiger partial charge in [-0.1, -0.05) is 43.2 Å². The van der Waals surface area contributed by atoms with Crippen LogP contribution >= 0.6 is 0 Å². The quantitative estimate of drug-likeness (QED) is 0.905. The fourth-order valence-corrected chi connectivity index (χ4v) is 4.09. The van der Waals surface area contributed by atoms with Crippen LogP contribution in [0, 0.1) is 17.8 Å². The molecule has 0 amide bonds. The summed E-state index contributed by atoms with van der Waals surface area (Å²) in [6.07, 6.45) is 6.06. The Hall–Kier alpha value is -1.35. The molecule has 21 heavy (non-hydrogen) atoms. The second-order valence-corrected chi connectivity index (χ2v) is 6.75. The van der Waals surface area contributed by atoms with Gasteiger partial charge in [-0.05, 0) is 36.7 Å². The first-order valence-electron chi connectivity index (χ1n) is 8.21. The smallest absolute Gasteiger partial charge is 0.308 e. The standard InChI is InChI=1S/C18H25NO2/c20-18(21)17(10-14-6-2-1-3-7-14)13-19-11-15-8-4-5-9-16(15)12-19/h1-3,6-7,15-17H,4-5,8-13H2,(H,20,21). The number of likely N-dealkylation sites (tertiary alicyclic amines) is 1. The molecule has 3 heteroatoms. The average molecular weight is 287 g/mol. The molecular weight excluding hydrogens is 262 g/mol. The maximum atomic E-state index is 11.6. The molecule has 1 aliphatic heterocycles. The Kier molecular flexibility index (Phi) is 4.59. The summed E-state index contributed by atoms with van der Waals surface area (Å²) < 4.78 is 0. The van der Waals surface area contributed by atoms with Crippen LogP contribution in [0.1, 0.15) is 31.2 Å². The number of fused-ring (bicyclic) bond motifs is 1. The molecule has 1 aromatic carbocycles. The van der Waals surface area contributed by atoms with Gasteiger partial charge in [-0.2, -0.15) is 0 Å². The van der Waals surface area contributed by atoms with E-state index in [1.807, 2.05) is 30.3 Å². The first-order valence-corrected chi connectivity index (χ1v) is 8.21. The topological polar surface area (TPSA) is 40.5 Å². The third-order valence-corrected chi connectivity index (χ3v) is 5.20. The summed E-state index contributed by atoms with van der Waals surface area (Å²) in [7, 11) is 0. The molecule has 114 valence electrons.